The molecule has 3 rings (SSSR count). The van der Waals surface area contributed by atoms with Crippen LogP contribution < -0.4 is 10.6 Å². The number of urea groups is 1. The van der Waals surface area contributed by atoms with E-state index in [0.29, 0.717) is 11.6 Å². The monoisotopic (exact) mass is 344 g/mol. The van der Waals surface area contributed by atoms with E-state index < -0.39 is 6.04 Å². The molecule has 0 aliphatic carbocycles. The fourth-order valence-electron chi connectivity index (χ4n) is 2.70. The Morgan fingerprint density at radius 3 is 2.62 bits per heavy atom. The molecule has 1 atom stereocenters. The maximum absolute atomic E-state index is 12.6. The third-order valence-corrected chi connectivity index (χ3v) is 4.64. The third-order valence-electron chi connectivity index (χ3n) is 3.95. The van der Waals surface area contributed by atoms with Crippen molar-refractivity contribution in [1.82, 2.24) is 15.2 Å². The van der Waals surface area contributed by atoms with Crippen LogP contribution in [0.2, 0.25) is 0 Å². The number of hydrogen-bond acceptors (Lipinski definition) is 4. The molecular weight excluding hydrogens is 324 g/mol. The molecule has 126 valence electrons. The zero-order valence-electron chi connectivity index (χ0n) is 13.3. The molecule has 0 saturated carbocycles. The number of benzene rings is 1. The van der Waals surface area contributed by atoms with Gasteiger partial charge in [-0.1, -0.05) is 30.3 Å². The number of carbonyl (C=O) groups excluding carboxylic acids is 2. The van der Waals surface area contributed by atoms with Crippen molar-refractivity contribution in [3.05, 3.63) is 47.5 Å². The van der Waals surface area contributed by atoms with Crippen molar-refractivity contribution < 1.29 is 9.59 Å². The Bertz CT molecular complexity index is 669. The van der Waals surface area contributed by atoms with Gasteiger partial charge in [-0.25, -0.2) is 9.78 Å². The van der Waals surface area contributed by atoms with E-state index in [2.05, 4.69) is 15.6 Å². The van der Waals surface area contributed by atoms with Crippen molar-refractivity contribution in [3.63, 3.8) is 0 Å². The summed E-state index contributed by atoms with van der Waals surface area (Å²) in [5, 5.41) is 7.98. The lowest BCUT2D eigenvalue weighted by Gasteiger charge is -2.22. The van der Waals surface area contributed by atoms with Gasteiger partial charge in [0.25, 0.3) is 0 Å². The van der Waals surface area contributed by atoms with E-state index in [9.17, 15) is 9.59 Å². The summed E-state index contributed by atoms with van der Waals surface area (Å²) in [5.74, 6) is -0.249. The average Bonchev–Trinajstić information content (AvgIpc) is 3.29. The molecule has 1 aliphatic heterocycles. The first-order chi connectivity index (χ1) is 11.7. The molecule has 3 amide bonds. The Morgan fingerprint density at radius 1 is 1.21 bits per heavy atom. The quantitative estimate of drug-likeness (QED) is 0.875. The van der Waals surface area contributed by atoms with Gasteiger partial charge >= 0.3 is 6.03 Å². The lowest BCUT2D eigenvalue weighted by atomic mass is 10.1. The number of anilines is 1. The fourth-order valence-corrected chi connectivity index (χ4v) is 3.23. The molecule has 7 heteroatoms. The highest BCUT2D eigenvalue weighted by Crippen LogP contribution is 2.13. The van der Waals surface area contributed by atoms with Crippen LogP contribution >= 0.6 is 11.3 Å². The van der Waals surface area contributed by atoms with E-state index in [0.717, 1.165) is 31.5 Å². The zero-order valence-corrected chi connectivity index (χ0v) is 14.1. The van der Waals surface area contributed by atoms with E-state index in [4.69, 9.17) is 0 Å². The van der Waals surface area contributed by atoms with Crippen LogP contribution in [0.5, 0.6) is 0 Å². The van der Waals surface area contributed by atoms with Crippen molar-refractivity contribution in [3.8, 4) is 0 Å². The first-order valence-corrected chi connectivity index (χ1v) is 8.90. The van der Waals surface area contributed by atoms with Crippen LogP contribution in [0.3, 0.4) is 0 Å². The van der Waals surface area contributed by atoms with Crippen LogP contribution in [0, 0.1) is 0 Å². The van der Waals surface area contributed by atoms with Gasteiger partial charge in [0.15, 0.2) is 5.13 Å². The van der Waals surface area contributed by atoms with Crippen LogP contribution in [0.1, 0.15) is 18.4 Å². The summed E-state index contributed by atoms with van der Waals surface area (Å²) in [7, 11) is 0. The van der Waals surface area contributed by atoms with E-state index in [1.54, 1.807) is 16.5 Å². The molecule has 1 saturated heterocycles. The maximum atomic E-state index is 12.6. The highest BCUT2D eigenvalue weighted by molar-refractivity contribution is 7.13. The highest BCUT2D eigenvalue weighted by Gasteiger charge is 2.25. The number of amides is 3. The third kappa shape index (κ3) is 4.32. The molecule has 1 fully saturated rings. The van der Waals surface area contributed by atoms with E-state index in [-0.39, 0.29) is 11.9 Å². The standard InChI is InChI=1S/C17H20N4O2S/c22-15(20-16-18-8-11-24-16)14(12-13-6-2-1-3-7-13)19-17(23)21-9-4-5-10-21/h1-3,6-8,11,14H,4-5,9-10,12H2,(H,19,23)(H,18,20,22)/t14-/m1/s1. The summed E-state index contributed by atoms with van der Waals surface area (Å²) in [4.78, 5) is 30.8. The van der Waals surface area contributed by atoms with Crippen LogP contribution in [0.25, 0.3) is 0 Å². The smallest absolute Gasteiger partial charge is 0.318 e. The van der Waals surface area contributed by atoms with Crippen molar-refractivity contribution in [2.45, 2.75) is 25.3 Å². The molecular formula is C17H20N4O2S. The van der Waals surface area contributed by atoms with Crippen molar-refractivity contribution >= 4 is 28.4 Å². The van der Waals surface area contributed by atoms with Crippen LogP contribution in [-0.2, 0) is 11.2 Å². The van der Waals surface area contributed by atoms with Gasteiger partial charge < -0.3 is 15.5 Å². The summed E-state index contributed by atoms with van der Waals surface area (Å²) in [6.07, 6.45) is 4.11. The Morgan fingerprint density at radius 2 is 1.96 bits per heavy atom. The molecule has 2 aromatic rings. The molecule has 2 N–H and O–H groups in total. The highest BCUT2D eigenvalue weighted by atomic mass is 32.1. The molecule has 6 nitrogen and oxygen atoms in total. The van der Waals surface area contributed by atoms with Gasteiger partial charge in [-0.2, -0.15) is 0 Å². The molecule has 1 aromatic carbocycles. The molecule has 0 spiro atoms. The predicted octanol–water partition coefficient (Wildman–Crippen LogP) is 2.50. The topological polar surface area (TPSA) is 74.3 Å². The zero-order chi connectivity index (χ0) is 16.8. The van der Waals surface area contributed by atoms with Crippen molar-refractivity contribution in [2.75, 3.05) is 18.4 Å². The normalized spacial score (nSPS) is 15.1. The summed E-state index contributed by atoms with van der Waals surface area (Å²) in [5.41, 5.74) is 0.999. The Kier molecular flexibility index (Phi) is 5.43. The van der Waals surface area contributed by atoms with Gasteiger partial charge in [0, 0.05) is 31.1 Å². The number of nitrogens with zero attached hydrogens (tertiary/aromatic N) is 2. The number of rotatable bonds is 5. The average molecular weight is 344 g/mol. The minimum absolute atomic E-state index is 0.178. The largest absolute Gasteiger partial charge is 0.326 e. The molecule has 0 unspecified atom stereocenters. The lowest BCUT2D eigenvalue weighted by Crippen LogP contribution is -2.49. The van der Waals surface area contributed by atoms with Crippen molar-refractivity contribution in [1.29, 1.82) is 0 Å². The first-order valence-electron chi connectivity index (χ1n) is 8.02. The molecule has 1 aromatic heterocycles. The maximum Gasteiger partial charge on any atom is 0.318 e. The Balaban J connectivity index is 1.69. The molecule has 2 heterocycles. The van der Waals surface area contributed by atoms with Gasteiger partial charge in [0.1, 0.15) is 6.04 Å². The van der Waals surface area contributed by atoms with E-state index >= 15 is 0 Å². The first kappa shape index (κ1) is 16.4. The minimum Gasteiger partial charge on any atom is -0.326 e. The molecule has 0 bridgehead atoms. The Labute approximate surface area is 144 Å². The van der Waals surface area contributed by atoms with Gasteiger partial charge in [0.05, 0.1) is 0 Å². The predicted molar refractivity (Wildman–Crippen MR) is 94.0 cm³/mol. The number of aromatic nitrogens is 1. The molecule has 24 heavy (non-hydrogen) atoms. The number of carbonyl (C=O) groups is 2. The number of nitrogens with one attached hydrogen (secondary N) is 2. The minimum atomic E-state index is -0.635. The van der Waals surface area contributed by atoms with Gasteiger partial charge in [-0.05, 0) is 18.4 Å². The SMILES string of the molecule is O=C(Nc1nccs1)[C@@H](Cc1ccccc1)NC(=O)N1CCCC1. The second-order valence-corrected chi connectivity index (χ2v) is 6.61. The summed E-state index contributed by atoms with van der Waals surface area (Å²) in [6, 6.07) is 8.86. The molecule has 1 aliphatic rings. The van der Waals surface area contributed by atoms with Crippen LogP contribution in [-0.4, -0.2) is 41.0 Å². The summed E-state index contributed by atoms with van der Waals surface area (Å²) < 4.78 is 0. The Hall–Kier alpha value is -2.41. The van der Waals surface area contributed by atoms with Crippen LogP contribution in [0.4, 0.5) is 9.93 Å². The van der Waals surface area contributed by atoms with Gasteiger partial charge in [-0.15, -0.1) is 11.3 Å². The van der Waals surface area contributed by atoms with Gasteiger partial charge in [0.2, 0.25) is 5.91 Å². The number of likely N-dealkylation sites (tertiary alicyclic amines) is 1. The van der Waals surface area contributed by atoms with Crippen molar-refractivity contribution in [2.24, 2.45) is 0 Å². The molecule has 0 radical (unpaired) electrons. The number of hydrogen-bond donors (Lipinski definition) is 2. The lowest BCUT2D eigenvalue weighted by molar-refractivity contribution is -0.118. The number of thiazole rings is 1. The van der Waals surface area contributed by atoms with Crippen LogP contribution in [0.15, 0.2) is 41.9 Å². The van der Waals surface area contributed by atoms with E-state index in [1.807, 2.05) is 30.3 Å². The second-order valence-electron chi connectivity index (χ2n) is 5.71. The second kappa shape index (κ2) is 7.92. The van der Waals surface area contributed by atoms with Gasteiger partial charge in [-0.3, -0.25) is 4.79 Å². The van der Waals surface area contributed by atoms with E-state index in [1.165, 1.54) is 11.3 Å². The fraction of sp³-hybridized carbons (Fsp3) is 0.353. The summed E-state index contributed by atoms with van der Waals surface area (Å²) >= 11 is 1.35. The summed E-state index contributed by atoms with van der Waals surface area (Å²) in [6.45, 7) is 1.50.